The van der Waals surface area contributed by atoms with Gasteiger partial charge in [0.2, 0.25) is 0 Å². The van der Waals surface area contributed by atoms with Gasteiger partial charge in [-0.1, -0.05) is 11.6 Å². The summed E-state index contributed by atoms with van der Waals surface area (Å²) < 4.78 is 5.58. The first-order chi connectivity index (χ1) is 11.8. The highest BCUT2D eigenvalue weighted by molar-refractivity contribution is 6.34. The number of nitro groups is 1. The van der Waals surface area contributed by atoms with Gasteiger partial charge < -0.3 is 14.7 Å². The number of amides is 1. The zero-order valence-electron chi connectivity index (χ0n) is 13.6. The standard InChI is InChI=1S/C15H18ClN3O6/c1-17(9-14(20)21)7-11-8-18(4-5-25-11)15(22)12-3-2-10(19(23)24)6-13(12)16/h2-3,6,11H,4-5,7-9H2,1H3,(H,20,21). The molecule has 10 heteroatoms. The molecule has 136 valence electrons. The maximum Gasteiger partial charge on any atom is 0.317 e. The van der Waals surface area contributed by atoms with Crippen LogP contribution in [0.1, 0.15) is 10.4 Å². The second-order valence-corrected chi connectivity index (χ2v) is 6.16. The average molecular weight is 372 g/mol. The number of aliphatic carboxylic acids is 1. The highest BCUT2D eigenvalue weighted by Crippen LogP contribution is 2.24. The summed E-state index contributed by atoms with van der Waals surface area (Å²) in [5.41, 5.74) is 0.00325. The summed E-state index contributed by atoms with van der Waals surface area (Å²) in [6.07, 6.45) is -0.320. The SMILES string of the molecule is CN(CC(=O)O)CC1CN(C(=O)c2ccc([N+](=O)[O-])cc2Cl)CCO1. The van der Waals surface area contributed by atoms with Gasteiger partial charge in [-0.2, -0.15) is 0 Å². The number of ether oxygens (including phenoxy) is 1. The number of carbonyl (C=O) groups is 2. The summed E-state index contributed by atoms with van der Waals surface area (Å²) in [4.78, 5) is 36.6. The molecule has 1 unspecified atom stereocenters. The zero-order chi connectivity index (χ0) is 18.6. The highest BCUT2D eigenvalue weighted by atomic mass is 35.5. The van der Waals surface area contributed by atoms with Crippen molar-refractivity contribution in [3.63, 3.8) is 0 Å². The molecule has 1 aromatic rings. The number of likely N-dealkylation sites (N-methyl/N-ethyl adjacent to an activating group) is 1. The average Bonchev–Trinajstić information content (AvgIpc) is 2.53. The number of hydrogen-bond acceptors (Lipinski definition) is 6. The first-order valence-electron chi connectivity index (χ1n) is 7.53. The van der Waals surface area contributed by atoms with Crippen molar-refractivity contribution in [3.8, 4) is 0 Å². The molecule has 0 saturated carbocycles. The largest absolute Gasteiger partial charge is 0.480 e. The van der Waals surface area contributed by atoms with Crippen molar-refractivity contribution >= 4 is 29.2 Å². The van der Waals surface area contributed by atoms with Crippen molar-refractivity contribution < 1.29 is 24.4 Å². The molecule has 0 bridgehead atoms. The first-order valence-corrected chi connectivity index (χ1v) is 7.91. The van der Waals surface area contributed by atoms with Crippen molar-refractivity contribution in [1.29, 1.82) is 0 Å². The lowest BCUT2D eigenvalue weighted by Crippen LogP contribution is -2.49. The monoisotopic (exact) mass is 371 g/mol. The van der Waals surface area contributed by atoms with Crippen molar-refractivity contribution in [2.45, 2.75) is 6.10 Å². The van der Waals surface area contributed by atoms with Gasteiger partial charge in [0.1, 0.15) is 0 Å². The van der Waals surface area contributed by atoms with E-state index in [2.05, 4.69) is 0 Å². The van der Waals surface area contributed by atoms with Gasteiger partial charge in [0, 0.05) is 31.8 Å². The Kier molecular flexibility index (Phi) is 6.29. The molecule has 1 saturated heterocycles. The summed E-state index contributed by atoms with van der Waals surface area (Å²) in [7, 11) is 1.66. The van der Waals surface area contributed by atoms with Crippen molar-refractivity contribution in [2.75, 3.05) is 39.8 Å². The third-order valence-corrected chi connectivity index (χ3v) is 4.05. The molecular formula is C15H18ClN3O6. The van der Waals surface area contributed by atoms with Crippen LogP contribution in [0.5, 0.6) is 0 Å². The number of hydrogen-bond donors (Lipinski definition) is 1. The molecule has 1 atom stereocenters. The molecule has 0 spiro atoms. The van der Waals surface area contributed by atoms with Crippen LogP contribution >= 0.6 is 11.6 Å². The molecule has 9 nitrogen and oxygen atoms in total. The number of morpholine rings is 1. The summed E-state index contributed by atoms with van der Waals surface area (Å²) >= 11 is 6.01. The fourth-order valence-electron chi connectivity index (χ4n) is 2.62. The molecule has 0 radical (unpaired) electrons. The number of carboxylic acids is 1. The summed E-state index contributed by atoms with van der Waals surface area (Å²) in [6.45, 7) is 1.22. The van der Waals surface area contributed by atoms with E-state index in [0.29, 0.717) is 19.7 Å². The predicted molar refractivity (Wildman–Crippen MR) is 88.9 cm³/mol. The number of non-ortho nitro benzene ring substituents is 1. The van der Waals surface area contributed by atoms with Gasteiger partial charge >= 0.3 is 5.97 Å². The Hall–Kier alpha value is -2.23. The molecule has 0 aromatic heterocycles. The Labute approximate surface area is 148 Å². The molecule has 1 N–H and O–H groups in total. The van der Waals surface area contributed by atoms with Gasteiger partial charge in [-0.25, -0.2) is 0 Å². The smallest absolute Gasteiger partial charge is 0.317 e. The normalized spacial score (nSPS) is 17.6. The van der Waals surface area contributed by atoms with Gasteiger partial charge in [-0.05, 0) is 13.1 Å². The van der Waals surface area contributed by atoms with Gasteiger partial charge in [-0.3, -0.25) is 24.6 Å². The predicted octanol–water partition coefficient (Wildman–Crippen LogP) is 1.11. The van der Waals surface area contributed by atoms with Crippen LogP contribution in [0.2, 0.25) is 5.02 Å². The van der Waals surface area contributed by atoms with Crippen molar-refractivity contribution in [3.05, 3.63) is 38.9 Å². The Morgan fingerprint density at radius 2 is 2.24 bits per heavy atom. The lowest BCUT2D eigenvalue weighted by Gasteiger charge is -2.34. The molecule has 1 heterocycles. The van der Waals surface area contributed by atoms with Crippen LogP contribution in [-0.4, -0.2) is 77.6 Å². The highest BCUT2D eigenvalue weighted by Gasteiger charge is 2.27. The molecule has 1 amide bonds. The van der Waals surface area contributed by atoms with Crippen LogP contribution in [0.3, 0.4) is 0 Å². The second kappa shape index (κ2) is 8.24. The first kappa shape index (κ1) is 19.1. The quantitative estimate of drug-likeness (QED) is 0.588. The topological polar surface area (TPSA) is 113 Å². The fraction of sp³-hybridized carbons (Fsp3) is 0.467. The minimum absolute atomic E-state index is 0.0187. The Morgan fingerprint density at radius 1 is 1.52 bits per heavy atom. The van der Waals surface area contributed by atoms with E-state index in [-0.39, 0.29) is 41.4 Å². The minimum atomic E-state index is -0.941. The van der Waals surface area contributed by atoms with E-state index in [1.165, 1.54) is 12.1 Å². The number of halogens is 1. The van der Waals surface area contributed by atoms with Gasteiger partial charge in [0.15, 0.2) is 0 Å². The number of nitro benzene ring substituents is 1. The van der Waals surface area contributed by atoms with Gasteiger partial charge in [0.25, 0.3) is 11.6 Å². The van der Waals surface area contributed by atoms with Crippen LogP contribution in [-0.2, 0) is 9.53 Å². The van der Waals surface area contributed by atoms with E-state index >= 15 is 0 Å². The molecule has 1 fully saturated rings. The van der Waals surface area contributed by atoms with Crippen LogP contribution in [0.15, 0.2) is 18.2 Å². The molecule has 2 rings (SSSR count). The number of benzene rings is 1. The van der Waals surface area contributed by atoms with Gasteiger partial charge in [-0.15, -0.1) is 0 Å². The van der Waals surface area contributed by atoms with E-state index in [9.17, 15) is 19.7 Å². The van der Waals surface area contributed by atoms with E-state index < -0.39 is 10.9 Å². The fourth-order valence-corrected chi connectivity index (χ4v) is 2.87. The Bertz CT molecular complexity index is 683. The van der Waals surface area contributed by atoms with Crippen molar-refractivity contribution in [2.24, 2.45) is 0 Å². The summed E-state index contributed by atoms with van der Waals surface area (Å²) in [5, 5.41) is 19.5. The lowest BCUT2D eigenvalue weighted by molar-refractivity contribution is -0.384. The molecule has 1 aromatic carbocycles. The molecule has 1 aliphatic rings. The van der Waals surface area contributed by atoms with Crippen LogP contribution < -0.4 is 0 Å². The van der Waals surface area contributed by atoms with Gasteiger partial charge in [0.05, 0.1) is 34.8 Å². The maximum absolute atomic E-state index is 12.6. The summed E-state index contributed by atoms with van der Waals surface area (Å²) in [6, 6.07) is 3.72. The number of rotatable bonds is 6. The van der Waals surface area contributed by atoms with E-state index in [4.69, 9.17) is 21.4 Å². The van der Waals surface area contributed by atoms with Crippen LogP contribution in [0, 0.1) is 10.1 Å². The van der Waals surface area contributed by atoms with E-state index in [0.717, 1.165) is 6.07 Å². The molecule has 1 aliphatic heterocycles. The minimum Gasteiger partial charge on any atom is -0.480 e. The van der Waals surface area contributed by atoms with E-state index in [1.54, 1.807) is 16.8 Å². The number of carboxylic acid groups (broad SMARTS) is 1. The molecular weight excluding hydrogens is 354 g/mol. The Morgan fingerprint density at radius 3 is 2.84 bits per heavy atom. The molecule has 0 aliphatic carbocycles. The Balaban J connectivity index is 2.04. The third-order valence-electron chi connectivity index (χ3n) is 3.74. The second-order valence-electron chi connectivity index (χ2n) is 5.76. The van der Waals surface area contributed by atoms with Crippen molar-refractivity contribution in [1.82, 2.24) is 9.80 Å². The third kappa shape index (κ3) is 5.12. The number of carbonyl (C=O) groups excluding carboxylic acids is 1. The van der Waals surface area contributed by atoms with E-state index in [1.807, 2.05) is 0 Å². The zero-order valence-corrected chi connectivity index (χ0v) is 14.3. The van der Waals surface area contributed by atoms with Crippen LogP contribution in [0.4, 0.5) is 5.69 Å². The van der Waals surface area contributed by atoms with Crippen LogP contribution in [0.25, 0.3) is 0 Å². The number of nitrogens with zero attached hydrogens (tertiary/aromatic N) is 3. The maximum atomic E-state index is 12.6. The lowest BCUT2D eigenvalue weighted by atomic mass is 10.1. The summed E-state index contributed by atoms with van der Waals surface area (Å²) in [5.74, 6) is -1.28. The molecule has 25 heavy (non-hydrogen) atoms.